The summed E-state index contributed by atoms with van der Waals surface area (Å²) in [5, 5.41) is 11.9. The van der Waals surface area contributed by atoms with Crippen LogP contribution in [0.2, 0.25) is 0 Å². The molecule has 0 saturated carbocycles. The van der Waals surface area contributed by atoms with Crippen LogP contribution in [-0.4, -0.2) is 36.3 Å². The van der Waals surface area contributed by atoms with Gasteiger partial charge in [0.15, 0.2) is 0 Å². The van der Waals surface area contributed by atoms with Crippen molar-refractivity contribution >= 4 is 17.6 Å². The Morgan fingerprint density at radius 2 is 2.12 bits per heavy atom. The van der Waals surface area contributed by atoms with Crippen LogP contribution in [0, 0.1) is 6.92 Å². The molecule has 1 atom stereocenters. The Kier molecular flexibility index (Phi) is 5.53. The number of hydrogen-bond donors (Lipinski definition) is 2. The Labute approximate surface area is 151 Å². The lowest BCUT2D eigenvalue weighted by Gasteiger charge is -2.12. The molecule has 0 radical (unpaired) electrons. The van der Waals surface area contributed by atoms with Crippen molar-refractivity contribution in [2.75, 3.05) is 18.5 Å². The summed E-state index contributed by atoms with van der Waals surface area (Å²) in [7, 11) is 0. The van der Waals surface area contributed by atoms with Crippen molar-refractivity contribution in [3.8, 4) is 5.75 Å². The molecule has 3 rings (SSSR count). The van der Waals surface area contributed by atoms with Crippen LogP contribution in [0.15, 0.2) is 42.5 Å². The van der Waals surface area contributed by atoms with E-state index in [0.717, 1.165) is 19.4 Å². The summed E-state index contributed by atoms with van der Waals surface area (Å²) in [6.45, 7) is 2.94. The fourth-order valence-corrected chi connectivity index (χ4v) is 2.83. The van der Waals surface area contributed by atoms with Gasteiger partial charge in [-0.15, -0.1) is 0 Å². The van der Waals surface area contributed by atoms with Crippen molar-refractivity contribution in [1.82, 2.24) is 0 Å². The molecule has 136 valence electrons. The molecule has 0 spiro atoms. The number of aromatic carboxylic acids is 1. The van der Waals surface area contributed by atoms with Crippen molar-refractivity contribution in [3.63, 3.8) is 0 Å². The molecular formula is C20H21NO5. The van der Waals surface area contributed by atoms with Gasteiger partial charge < -0.3 is 19.9 Å². The van der Waals surface area contributed by atoms with E-state index < -0.39 is 5.97 Å². The molecule has 1 heterocycles. The zero-order chi connectivity index (χ0) is 18.5. The van der Waals surface area contributed by atoms with Crippen LogP contribution in [0.5, 0.6) is 5.75 Å². The van der Waals surface area contributed by atoms with Crippen LogP contribution in [0.1, 0.15) is 39.1 Å². The van der Waals surface area contributed by atoms with Crippen LogP contribution in [-0.2, 0) is 4.74 Å². The molecule has 6 heteroatoms. The number of carboxylic acid groups (broad SMARTS) is 1. The second kappa shape index (κ2) is 8.01. The maximum atomic E-state index is 12.5. The number of carbonyl (C=O) groups is 2. The predicted octanol–water partition coefficient (Wildman–Crippen LogP) is 3.50. The van der Waals surface area contributed by atoms with Gasteiger partial charge in [0, 0.05) is 17.9 Å². The van der Waals surface area contributed by atoms with Crippen LogP contribution < -0.4 is 10.1 Å². The average Bonchev–Trinajstić information content (AvgIpc) is 3.15. The molecule has 0 aromatic heterocycles. The van der Waals surface area contributed by atoms with E-state index in [1.54, 1.807) is 43.3 Å². The number of hydrogen-bond acceptors (Lipinski definition) is 4. The van der Waals surface area contributed by atoms with Crippen molar-refractivity contribution in [1.29, 1.82) is 0 Å². The van der Waals surface area contributed by atoms with Gasteiger partial charge in [-0.25, -0.2) is 4.79 Å². The standard InChI is InChI=1S/C20H21NO5/c1-13-7-8-15(11-18(13)20(23)24)21-19(22)14-4-2-5-16(10-14)26-12-17-6-3-9-25-17/h2,4-5,7-8,10-11,17H,3,6,9,12H2,1H3,(H,21,22)(H,23,24). The first kappa shape index (κ1) is 17.9. The average molecular weight is 355 g/mol. The molecule has 2 aromatic carbocycles. The van der Waals surface area contributed by atoms with E-state index in [2.05, 4.69) is 5.32 Å². The number of ether oxygens (including phenoxy) is 2. The van der Waals surface area contributed by atoms with E-state index in [1.165, 1.54) is 6.07 Å². The molecule has 1 fully saturated rings. The Balaban J connectivity index is 1.67. The zero-order valence-electron chi connectivity index (χ0n) is 14.5. The Hall–Kier alpha value is -2.86. The highest BCUT2D eigenvalue weighted by molar-refractivity contribution is 6.05. The smallest absolute Gasteiger partial charge is 0.336 e. The van der Waals surface area contributed by atoms with Gasteiger partial charge in [-0.2, -0.15) is 0 Å². The van der Waals surface area contributed by atoms with Gasteiger partial charge in [0.2, 0.25) is 0 Å². The fourth-order valence-electron chi connectivity index (χ4n) is 2.83. The molecule has 0 bridgehead atoms. The molecule has 1 unspecified atom stereocenters. The largest absolute Gasteiger partial charge is 0.491 e. The minimum Gasteiger partial charge on any atom is -0.491 e. The number of carbonyl (C=O) groups excluding carboxylic acids is 1. The highest BCUT2D eigenvalue weighted by Gasteiger charge is 2.16. The number of carboxylic acids is 1. The minimum atomic E-state index is -1.02. The van der Waals surface area contributed by atoms with Crippen molar-refractivity contribution < 1.29 is 24.2 Å². The molecule has 6 nitrogen and oxygen atoms in total. The number of aryl methyl sites for hydroxylation is 1. The second-order valence-electron chi connectivity index (χ2n) is 6.26. The first-order valence-corrected chi connectivity index (χ1v) is 8.52. The molecule has 1 saturated heterocycles. The predicted molar refractivity (Wildman–Crippen MR) is 97.0 cm³/mol. The number of benzene rings is 2. The molecule has 1 aliphatic heterocycles. The first-order chi connectivity index (χ1) is 12.5. The Morgan fingerprint density at radius 1 is 1.27 bits per heavy atom. The molecule has 1 aliphatic rings. The van der Waals surface area contributed by atoms with Crippen LogP contribution >= 0.6 is 0 Å². The van der Waals surface area contributed by atoms with Gasteiger partial charge in [-0.3, -0.25) is 4.79 Å². The summed E-state index contributed by atoms with van der Waals surface area (Å²) in [5.41, 5.74) is 1.67. The van der Waals surface area contributed by atoms with Crippen molar-refractivity contribution in [2.45, 2.75) is 25.9 Å². The van der Waals surface area contributed by atoms with Gasteiger partial charge >= 0.3 is 5.97 Å². The molecule has 2 aromatic rings. The van der Waals surface area contributed by atoms with E-state index >= 15 is 0 Å². The highest BCUT2D eigenvalue weighted by Crippen LogP contribution is 2.19. The van der Waals surface area contributed by atoms with E-state index in [-0.39, 0.29) is 17.6 Å². The van der Waals surface area contributed by atoms with E-state index in [0.29, 0.717) is 29.2 Å². The summed E-state index contributed by atoms with van der Waals surface area (Å²) >= 11 is 0. The lowest BCUT2D eigenvalue weighted by molar-refractivity contribution is 0.0679. The molecule has 2 N–H and O–H groups in total. The van der Waals surface area contributed by atoms with E-state index in [1.807, 2.05) is 0 Å². The Bertz CT molecular complexity index is 812. The van der Waals surface area contributed by atoms with Crippen molar-refractivity contribution in [3.05, 3.63) is 59.2 Å². The SMILES string of the molecule is Cc1ccc(NC(=O)c2cccc(OCC3CCCO3)c2)cc1C(=O)O. The Morgan fingerprint density at radius 3 is 2.85 bits per heavy atom. The lowest BCUT2D eigenvalue weighted by atomic mass is 10.1. The van der Waals surface area contributed by atoms with Gasteiger partial charge in [-0.1, -0.05) is 12.1 Å². The van der Waals surface area contributed by atoms with Gasteiger partial charge in [0.05, 0.1) is 11.7 Å². The topological polar surface area (TPSA) is 84.9 Å². The fraction of sp³-hybridized carbons (Fsp3) is 0.300. The summed E-state index contributed by atoms with van der Waals surface area (Å²) in [6.07, 6.45) is 2.14. The summed E-state index contributed by atoms with van der Waals surface area (Å²) < 4.78 is 11.2. The highest BCUT2D eigenvalue weighted by atomic mass is 16.5. The molecule has 0 aliphatic carbocycles. The number of amides is 1. The van der Waals surface area contributed by atoms with Crippen LogP contribution in [0.4, 0.5) is 5.69 Å². The monoisotopic (exact) mass is 355 g/mol. The van der Waals surface area contributed by atoms with Crippen LogP contribution in [0.25, 0.3) is 0 Å². The number of rotatable bonds is 6. The normalized spacial score (nSPS) is 16.3. The molecule has 26 heavy (non-hydrogen) atoms. The quantitative estimate of drug-likeness (QED) is 0.828. The molecule has 1 amide bonds. The summed E-state index contributed by atoms with van der Waals surface area (Å²) in [6, 6.07) is 11.7. The van der Waals surface area contributed by atoms with E-state index in [9.17, 15) is 14.7 Å². The number of nitrogens with one attached hydrogen (secondary N) is 1. The van der Waals surface area contributed by atoms with Gasteiger partial charge in [0.1, 0.15) is 12.4 Å². The summed E-state index contributed by atoms with van der Waals surface area (Å²) in [4.78, 5) is 23.7. The van der Waals surface area contributed by atoms with Gasteiger partial charge in [-0.05, 0) is 55.7 Å². The first-order valence-electron chi connectivity index (χ1n) is 8.52. The number of anilines is 1. The van der Waals surface area contributed by atoms with Crippen molar-refractivity contribution in [2.24, 2.45) is 0 Å². The third-order valence-corrected chi connectivity index (χ3v) is 4.28. The summed E-state index contributed by atoms with van der Waals surface area (Å²) in [5.74, 6) is -0.751. The molecular weight excluding hydrogens is 334 g/mol. The third kappa shape index (κ3) is 4.40. The zero-order valence-corrected chi connectivity index (χ0v) is 14.5. The maximum absolute atomic E-state index is 12.5. The van der Waals surface area contributed by atoms with Gasteiger partial charge in [0.25, 0.3) is 5.91 Å². The lowest BCUT2D eigenvalue weighted by Crippen LogP contribution is -2.17. The van der Waals surface area contributed by atoms with Crippen LogP contribution in [0.3, 0.4) is 0 Å². The minimum absolute atomic E-state index is 0.106. The maximum Gasteiger partial charge on any atom is 0.336 e. The van der Waals surface area contributed by atoms with E-state index in [4.69, 9.17) is 9.47 Å². The second-order valence-corrected chi connectivity index (χ2v) is 6.26. The third-order valence-electron chi connectivity index (χ3n) is 4.28.